The second-order valence-electron chi connectivity index (χ2n) is 4.24. The molecule has 1 saturated heterocycles. The van der Waals surface area contributed by atoms with E-state index in [1.54, 1.807) is 4.90 Å². The zero-order valence-corrected chi connectivity index (χ0v) is 9.30. The van der Waals surface area contributed by atoms with Gasteiger partial charge in [0.15, 0.2) is 0 Å². The van der Waals surface area contributed by atoms with E-state index in [1.165, 1.54) is 0 Å². The summed E-state index contributed by atoms with van der Waals surface area (Å²) in [5.41, 5.74) is 0. The van der Waals surface area contributed by atoms with Crippen LogP contribution < -0.4 is 0 Å². The lowest BCUT2D eigenvalue weighted by Crippen LogP contribution is -2.34. The van der Waals surface area contributed by atoms with Crippen molar-refractivity contribution in [1.29, 1.82) is 0 Å². The summed E-state index contributed by atoms with van der Waals surface area (Å²) >= 11 is 0. The number of hydrogen-bond acceptors (Lipinski definition) is 2. The first-order valence-electron chi connectivity index (χ1n) is 5.15. The Morgan fingerprint density at radius 2 is 1.87 bits per heavy atom. The number of nitrogens with zero attached hydrogens (tertiary/aromatic N) is 1. The summed E-state index contributed by atoms with van der Waals surface area (Å²) in [7, 11) is 0. The van der Waals surface area contributed by atoms with Gasteiger partial charge in [0.05, 0.1) is 0 Å². The lowest BCUT2D eigenvalue weighted by Gasteiger charge is -2.21. The fourth-order valence-corrected chi connectivity index (χ4v) is 1.93. The van der Waals surface area contributed by atoms with Gasteiger partial charge in [0.1, 0.15) is 0 Å². The van der Waals surface area contributed by atoms with Gasteiger partial charge in [-0.3, -0.25) is 4.79 Å². The molecule has 3 atom stereocenters. The fourth-order valence-electron chi connectivity index (χ4n) is 1.93. The third kappa shape index (κ3) is 2.58. The highest BCUT2D eigenvalue weighted by molar-refractivity contribution is 5.94. The molecule has 84 valence electrons. The summed E-state index contributed by atoms with van der Waals surface area (Å²) in [6.07, 6.45) is 2.02. The van der Waals surface area contributed by atoms with E-state index in [0.717, 1.165) is 12.2 Å². The average Bonchev–Trinajstić information content (AvgIpc) is 2.42. The molecule has 1 rings (SSSR count). The van der Waals surface area contributed by atoms with Crippen LogP contribution in [0.5, 0.6) is 0 Å². The van der Waals surface area contributed by atoms with Crippen LogP contribution in [-0.4, -0.2) is 34.5 Å². The second kappa shape index (κ2) is 4.47. The summed E-state index contributed by atoms with van der Waals surface area (Å²) in [4.78, 5) is 23.6. The Morgan fingerprint density at radius 3 is 2.27 bits per heavy atom. The largest absolute Gasteiger partial charge is 0.478 e. The third-order valence-corrected chi connectivity index (χ3v) is 3.29. The van der Waals surface area contributed by atoms with E-state index in [4.69, 9.17) is 5.11 Å². The van der Waals surface area contributed by atoms with Crippen LogP contribution in [0.3, 0.4) is 0 Å². The van der Waals surface area contributed by atoms with Gasteiger partial charge in [-0.25, -0.2) is 4.79 Å². The quantitative estimate of drug-likeness (QED) is 0.696. The van der Waals surface area contributed by atoms with Crippen molar-refractivity contribution in [3.63, 3.8) is 0 Å². The fraction of sp³-hybridized carbons (Fsp3) is 0.636. The van der Waals surface area contributed by atoms with E-state index in [2.05, 4.69) is 13.8 Å². The second-order valence-corrected chi connectivity index (χ2v) is 4.24. The molecule has 3 unspecified atom stereocenters. The van der Waals surface area contributed by atoms with Crippen molar-refractivity contribution in [3.8, 4) is 0 Å². The van der Waals surface area contributed by atoms with Crippen molar-refractivity contribution in [2.75, 3.05) is 6.54 Å². The van der Waals surface area contributed by atoms with Gasteiger partial charge in [-0.15, -0.1) is 0 Å². The van der Waals surface area contributed by atoms with Crippen molar-refractivity contribution in [1.82, 2.24) is 4.90 Å². The molecule has 1 N–H and O–H groups in total. The molecule has 1 aliphatic heterocycles. The first-order chi connectivity index (χ1) is 6.93. The summed E-state index contributed by atoms with van der Waals surface area (Å²) in [5, 5.41) is 8.42. The van der Waals surface area contributed by atoms with Gasteiger partial charge in [-0.05, 0) is 18.8 Å². The van der Waals surface area contributed by atoms with Crippen molar-refractivity contribution in [2.45, 2.75) is 26.8 Å². The first-order valence-corrected chi connectivity index (χ1v) is 5.15. The molecule has 0 aliphatic carbocycles. The minimum atomic E-state index is -1.09. The molecule has 0 saturated carbocycles. The van der Waals surface area contributed by atoms with Gasteiger partial charge < -0.3 is 10.0 Å². The zero-order chi connectivity index (χ0) is 11.6. The van der Waals surface area contributed by atoms with Gasteiger partial charge in [0, 0.05) is 24.7 Å². The molecule has 15 heavy (non-hydrogen) atoms. The minimum Gasteiger partial charge on any atom is -0.478 e. The summed E-state index contributed by atoms with van der Waals surface area (Å²) in [6, 6.07) is 0.186. The van der Waals surface area contributed by atoms with E-state index in [9.17, 15) is 9.59 Å². The van der Waals surface area contributed by atoms with E-state index in [0.29, 0.717) is 18.4 Å². The smallest absolute Gasteiger partial charge is 0.328 e. The van der Waals surface area contributed by atoms with Crippen molar-refractivity contribution in [2.24, 2.45) is 11.8 Å². The molecule has 0 spiro atoms. The molecule has 0 radical (unpaired) electrons. The predicted molar refractivity (Wildman–Crippen MR) is 56.3 cm³/mol. The Balaban J connectivity index is 2.66. The van der Waals surface area contributed by atoms with Crippen LogP contribution in [-0.2, 0) is 9.59 Å². The SMILES string of the molecule is CC1CN(C(=O)/C=C/C(=O)O)C(C)C1C. The summed E-state index contributed by atoms with van der Waals surface area (Å²) in [5.74, 6) is -0.355. The molecular weight excluding hydrogens is 194 g/mol. The van der Waals surface area contributed by atoms with Crippen LogP contribution in [0.1, 0.15) is 20.8 Å². The minimum absolute atomic E-state index is 0.186. The van der Waals surface area contributed by atoms with Gasteiger partial charge in [-0.1, -0.05) is 13.8 Å². The summed E-state index contributed by atoms with van der Waals surface area (Å²) < 4.78 is 0. The molecule has 1 aliphatic rings. The molecule has 4 heteroatoms. The maximum Gasteiger partial charge on any atom is 0.328 e. The Labute approximate surface area is 89.6 Å². The standard InChI is InChI=1S/C11H17NO3/c1-7-6-12(9(3)8(7)2)10(13)4-5-11(14)15/h4-5,7-9H,6H2,1-3H3,(H,14,15)/b5-4+. The van der Waals surface area contributed by atoms with Gasteiger partial charge in [0.2, 0.25) is 5.91 Å². The number of aliphatic carboxylic acids is 1. The maximum atomic E-state index is 11.6. The van der Waals surface area contributed by atoms with Crippen LogP contribution >= 0.6 is 0 Å². The number of carboxylic acid groups (broad SMARTS) is 1. The van der Waals surface area contributed by atoms with Gasteiger partial charge in [0.25, 0.3) is 0 Å². The molecule has 4 nitrogen and oxygen atoms in total. The topological polar surface area (TPSA) is 57.6 Å². The molecule has 0 aromatic heterocycles. The Morgan fingerprint density at radius 1 is 1.27 bits per heavy atom. The number of carboxylic acids is 1. The number of carbonyl (C=O) groups is 2. The van der Waals surface area contributed by atoms with Gasteiger partial charge >= 0.3 is 5.97 Å². The number of carbonyl (C=O) groups excluding carboxylic acids is 1. The normalized spacial score (nSPS) is 31.1. The molecule has 0 aromatic rings. The Bertz CT molecular complexity index is 298. The zero-order valence-electron chi connectivity index (χ0n) is 9.30. The van der Waals surface area contributed by atoms with Crippen molar-refractivity contribution >= 4 is 11.9 Å². The van der Waals surface area contributed by atoms with E-state index in [1.807, 2.05) is 6.92 Å². The number of likely N-dealkylation sites (tertiary alicyclic amines) is 1. The van der Waals surface area contributed by atoms with E-state index in [-0.39, 0.29) is 11.9 Å². The highest BCUT2D eigenvalue weighted by Crippen LogP contribution is 2.28. The van der Waals surface area contributed by atoms with Gasteiger partial charge in [-0.2, -0.15) is 0 Å². The number of rotatable bonds is 2. The Hall–Kier alpha value is -1.32. The Kier molecular flexibility index (Phi) is 3.50. The number of hydrogen-bond donors (Lipinski definition) is 1. The predicted octanol–water partition coefficient (Wildman–Crippen LogP) is 1.13. The van der Waals surface area contributed by atoms with Crippen LogP contribution in [0.25, 0.3) is 0 Å². The monoisotopic (exact) mass is 211 g/mol. The van der Waals surface area contributed by atoms with Crippen LogP contribution in [0.15, 0.2) is 12.2 Å². The first kappa shape index (κ1) is 11.8. The van der Waals surface area contributed by atoms with E-state index < -0.39 is 5.97 Å². The lowest BCUT2D eigenvalue weighted by atomic mass is 9.95. The van der Waals surface area contributed by atoms with Crippen molar-refractivity contribution < 1.29 is 14.7 Å². The summed E-state index contributed by atoms with van der Waals surface area (Å²) in [6.45, 7) is 6.94. The third-order valence-electron chi connectivity index (χ3n) is 3.29. The molecule has 1 amide bonds. The molecule has 1 heterocycles. The molecular formula is C11H17NO3. The lowest BCUT2D eigenvalue weighted by molar-refractivity contribution is -0.132. The average molecular weight is 211 g/mol. The highest BCUT2D eigenvalue weighted by Gasteiger charge is 2.35. The molecule has 1 fully saturated rings. The van der Waals surface area contributed by atoms with Crippen LogP contribution in [0, 0.1) is 11.8 Å². The van der Waals surface area contributed by atoms with Crippen LogP contribution in [0.2, 0.25) is 0 Å². The maximum absolute atomic E-state index is 11.6. The molecule has 0 bridgehead atoms. The molecule has 0 aromatic carbocycles. The van der Waals surface area contributed by atoms with Crippen LogP contribution in [0.4, 0.5) is 0 Å². The highest BCUT2D eigenvalue weighted by atomic mass is 16.4. The van der Waals surface area contributed by atoms with Crippen molar-refractivity contribution in [3.05, 3.63) is 12.2 Å². The number of amides is 1. The van der Waals surface area contributed by atoms with E-state index >= 15 is 0 Å².